The van der Waals surface area contributed by atoms with Crippen LogP contribution in [0, 0.1) is 6.92 Å². The Labute approximate surface area is 167 Å². The number of nitrogens with zero attached hydrogens (tertiary/aromatic N) is 1. The summed E-state index contributed by atoms with van der Waals surface area (Å²) >= 11 is 0. The van der Waals surface area contributed by atoms with Crippen molar-refractivity contribution in [1.82, 2.24) is 0 Å². The van der Waals surface area contributed by atoms with Crippen molar-refractivity contribution in [1.29, 1.82) is 0 Å². The van der Waals surface area contributed by atoms with Gasteiger partial charge in [-0.25, -0.2) is 0 Å². The number of carbonyl (C=O) groups is 2. The van der Waals surface area contributed by atoms with Crippen LogP contribution in [-0.2, 0) is 9.59 Å². The number of hydrogen-bond donors (Lipinski definition) is 3. The second kappa shape index (κ2) is 10.3. The summed E-state index contributed by atoms with van der Waals surface area (Å²) in [5.74, 6) is -0.150. The van der Waals surface area contributed by atoms with E-state index in [9.17, 15) is 9.59 Å². The fourth-order valence-corrected chi connectivity index (χ4v) is 3.02. The van der Waals surface area contributed by atoms with Gasteiger partial charge in [0.1, 0.15) is 0 Å². The summed E-state index contributed by atoms with van der Waals surface area (Å²) in [6.07, 6.45) is 0.349. The van der Waals surface area contributed by atoms with E-state index < -0.39 is 0 Å². The van der Waals surface area contributed by atoms with Crippen molar-refractivity contribution in [2.45, 2.75) is 34.1 Å². The first kappa shape index (κ1) is 21.3. The molecule has 3 N–H and O–H groups in total. The fraction of sp³-hybridized carbons (Fsp3) is 0.364. The maximum atomic E-state index is 12.3. The zero-order valence-corrected chi connectivity index (χ0v) is 17.1. The lowest BCUT2D eigenvalue weighted by Crippen LogP contribution is -2.22. The van der Waals surface area contributed by atoms with Gasteiger partial charge in [0.2, 0.25) is 11.8 Å². The number of anilines is 4. The molecular weight excluding hydrogens is 352 g/mol. The van der Waals surface area contributed by atoms with Crippen LogP contribution in [0.15, 0.2) is 42.5 Å². The lowest BCUT2D eigenvalue weighted by molar-refractivity contribution is -0.116. The van der Waals surface area contributed by atoms with Gasteiger partial charge in [-0.15, -0.1) is 0 Å². The minimum atomic E-state index is -0.112. The van der Waals surface area contributed by atoms with Crippen LogP contribution in [0.2, 0.25) is 0 Å². The van der Waals surface area contributed by atoms with Gasteiger partial charge in [-0.05, 0) is 62.7 Å². The molecule has 0 aromatic heterocycles. The molecule has 2 aromatic carbocycles. The predicted molar refractivity (Wildman–Crippen MR) is 117 cm³/mol. The van der Waals surface area contributed by atoms with Crippen LogP contribution in [0.1, 0.15) is 32.8 Å². The lowest BCUT2D eigenvalue weighted by Gasteiger charge is -2.22. The third kappa shape index (κ3) is 6.30. The van der Waals surface area contributed by atoms with Gasteiger partial charge in [0, 0.05) is 55.7 Å². The minimum Gasteiger partial charge on any atom is -0.384 e. The molecule has 0 saturated carbocycles. The second-order valence-electron chi connectivity index (χ2n) is 6.66. The van der Waals surface area contributed by atoms with Crippen molar-refractivity contribution in [3.63, 3.8) is 0 Å². The maximum Gasteiger partial charge on any atom is 0.226 e. The van der Waals surface area contributed by atoms with Gasteiger partial charge in [0.25, 0.3) is 0 Å². The molecule has 0 saturated heterocycles. The Morgan fingerprint density at radius 2 is 1.68 bits per heavy atom. The molecule has 0 fully saturated rings. The molecule has 6 nitrogen and oxygen atoms in total. The highest BCUT2D eigenvalue weighted by Crippen LogP contribution is 2.23. The van der Waals surface area contributed by atoms with Crippen molar-refractivity contribution < 1.29 is 9.59 Å². The molecule has 2 rings (SSSR count). The molecular formula is C22H30N4O2. The summed E-state index contributed by atoms with van der Waals surface area (Å²) < 4.78 is 0. The first-order chi connectivity index (χ1) is 13.4. The molecule has 0 heterocycles. The Morgan fingerprint density at radius 1 is 0.964 bits per heavy atom. The molecule has 6 heteroatoms. The van der Waals surface area contributed by atoms with E-state index in [2.05, 4.69) is 40.8 Å². The van der Waals surface area contributed by atoms with E-state index >= 15 is 0 Å². The van der Waals surface area contributed by atoms with Gasteiger partial charge < -0.3 is 20.9 Å². The first-order valence-electron chi connectivity index (χ1n) is 9.70. The highest BCUT2D eigenvalue weighted by atomic mass is 16.2. The summed E-state index contributed by atoms with van der Waals surface area (Å²) in [6.45, 7) is 10.2. The zero-order chi connectivity index (χ0) is 20.5. The quantitative estimate of drug-likeness (QED) is 0.606. The van der Waals surface area contributed by atoms with Crippen molar-refractivity contribution in [3.8, 4) is 0 Å². The Hall–Kier alpha value is -3.02. The SMILES string of the molecule is CCN(CC)c1ccc(NC(=O)CCNc2cccc(NC(C)=O)c2)c(C)c1. The number of aryl methyl sites for hydroxylation is 1. The molecule has 0 aliphatic rings. The second-order valence-corrected chi connectivity index (χ2v) is 6.66. The molecule has 0 aliphatic heterocycles. The van der Waals surface area contributed by atoms with Crippen molar-refractivity contribution in [2.75, 3.05) is 40.5 Å². The van der Waals surface area contributed by atoms with E-state index in [0.29, 0.717) is 13.0 Å². The Morgan fingerprint density at radius 3 is 2.32 bits per heavy atom. The number of benzene rings is 2. The number of nitrogens with one attached hydrogen (secondary N) is 3. The third-order valence-corrected chi connectivity index (χ3v) is 4.48. The van der Waals surface area contributed by atoms with Crippen LogP contribution in [0.4, 0.5) is 22.7 Å². The average molecular weight is 383 g/mol. The lowest BCUT2D eigenvalue weighted by atomic mass is 10.1. The van der Waals surface area contributed by atoms with E-state index in [1.54, 1.807) is 0 Å². The van der Waals surface area contributed by atoms with Crippen LogP contribution >= 0.6 is 0 Å². The maximum absolute atomic E-state index is 12.3. The Kier molecular flexibility index (Phi) is 7.87. The normalized spacial score (nSPS) is 10.3. The first-order valence-corrected chi connectivity index (χ1v) is 9.70. The van der Waals surface area contributed by atoms with E-state index in [0.717, 1.165) is 35.7 Å². The highest BCUT2D eigenvalue weighted by molar-refractivity contribution is 5.92. The van der Waals surface area contributed by atoms with Crippen molar-refractivity contribution in [2.24, 2.45) is 0 Å². The van der Waals surface area contributed by atoms with Crippen molar-refractivity contribution >= 4 is 34.6 Å². The van der Waals surface area contributed by atoms with Crippen LogP contribution in [0.25, 0.3) is 0 Å². The fourth-order valence-electron chi connectivity index (χ4n) is 3.02. The summed E-state index contributed by atoms with van der Waals surface area (Å²) in [5, 5.41) is 8.93. The Balaban J connectivity index is 1.87. The molecule has 0 spiro atoms. The van der Waals surface area contributed by atoms with Crippen LogP contribution < -0.4 is 20.9 Å². The monoisotopic (exact) mass is 382 g/mol. The Bertz CT molecular complexity index is 816. The van der Waals surface area contributed by atoms with Crippen LogP contribution in [-0.4, -0.2) is 31.4 Å². The van der Waals surface area contributed by atoms with Gasteiger partial charge >= 0.3 is 0 Å². The number of carbonyl (C=O) groups excluding carboxylic acids is 2. The smallest absolute Gasteiger partial charge is 0.226 e. The molecule has 0 radical (unpaired) electrons. The molecule has 0 aliphatic carbocycles. The third-order valence-electron chi connectivity index (χ3n) is 4.48. The summed E-state index contributed by atoms with van der Waals surface area (Å²) in [4.78, 5) is 25.7. The van der Waals surface area contributed by atoms with E-state index in [4.69, 9.17) is 0 Å². The van der Waals surface area contributed by atoms with Gasteiger partial charge in [0.05, 0.1) is 0 Å². The van der Waals surface area contributed by atoms with Gasteiger partial charge in [-0.1, -0.05) is 6.07 Å². The number of rotatable bonds is 9. The standard InChI is InChI=1S/C22H30N4O2/c1-5-26(6-2)20-10-11-21(16(3)14-20)25-22(28)12-13-23-18-8-7-9-19(15-18)24-17(4)27/h7-11,14-15,23H,5-6,12-13H2,1-4H3,(H,24,27)(H,25,28). The average Bonchev–Trinajstić information content (AvgIpc) is 2.64. The van der Waals surface area contributed by atoms with Gasteiger partial charge in [-0.2, -0.15) is 0 Å². The number of amides is 2. The van der Waals surface area contributed by atoms with Crippen molar-refractivity contribution in [3.05, 3.63) is 48.0 Å². The molecule has 0 bridgehead atoms. The van der Waals surface area contributed by atoms with E-state index in [1.165, 1.54) is 12.6 Å². The van der Waals surface area contributed by atoms with E-state index in [-0.39, 0.29) is 11.8 Å². The highest BCUT2D eigenvalue weighted by Gasteiger charge is 2.08. The minimum absolute atomic E-state index is 0.0378. The molecule has 150 valence electrons. The van der Waals surface area contributed by atoms with Crippen LogP contribution in [0.3, 0.4) is 0 Å². The largest absolute Gasteiger partial charge is 0.384 e. The summed E-state index contributed by atoms with van der Waals surface area (Å²) in [6, 6.07) is 13.5. The van der Waals surface area contributed by atoms with Crippen LogP contribution in [0.5, 0.6) is 0 Å². The molecule has 0 atom stereocenters. The predicted octanol–water partition coefficient (Wildman–Crippen LogP) is 4.24. The van der Waals surface area contributed by atoms with Gasteiger partial charge in [0.15, 0.2) is 0 Å². The zero-order valence-electron chi connectivity index (χ0n) is 17.1. The van der Waals surface area contributed by atoms with Gasteiger partial charge in [-0.3, -0.25) is 9.59 Å². The summed E-state index contributed by atoms with van der Waals surface area (Å²) in [7, 11) is 0. The molecule has 28 heavy (non-hydrogen) atoms. The molecule has 2 aromatic rings. The number of hydrogen-bond acceptors (Lipinski definition) is 4. The topological polar surface area (TPSA) is 73.5 Å². The molecule has 0 unspecified atom stereocenters. The summed E-state index contributed by atoms with van der Waals surface area (Å²) in [5.41, 5.74) is 4.65. The van der Waals surface area contributed by atoms with E-state index in [1.807, 2.05) is 43.3 Å². The molecule has 2 amide bonds.